The molecule has 0 saturated carbocycles. The molecule has 0 saturated heterocycles. The van der Waals surface area contributed by atoms with Gasteiger partial charge in [-0.25, -0.2) is 4.79 Å². The van der Waals surface area contributed by atoms with Gasteiger partial charge in [-0.15, -0.1) is 11.6 Å². The lowest BCUT2D eigenvalue weighted by atomic mass is 10.3. The van der Waals surface area contributed by atoms with Crippen molar-refractivity contribution in [2.45, 2.75) is 4.90 Å². The molecule has 0 aromatic heterocycles. The normalized spacial score (nSPS) is 10.9. The van der Waals surface area contributed by atoms with Gasteiger partial charge in [-0.05, 0) is 42.5 Å². The minimum atomic E-state index is -4.08. The number of phenolic OH excluding ortho intramolecular Hbond substituents is 1. The molecule has 128 valence electrons. The van der Waals surface area contributed by atoms with E-state index in [9.17, 15) is 18.3 Å². The standard InChI is InChI=1S/C15H15ClN2O5S/c16-8-9-17-15(20)18-11-2-1-3-14(10-11)24(21,22)23-13-6-4-12(19)5-7-13/h1-7,10,19H,8-9H2,(H2,17,18,20). The first kappa shape index (κ1) is 17.9. The summed E-state index contributed by atoms with van der Waals surface area (Å²) in [6, 6.07) is 10.4. The van der Waals surface area contributed by atoms with Crippen molar-refractivity contribution >= 4 is 33.4 Å². The van der Waals surface area contributed by atoms with Gasteiger partial charge < -0.3 is 19.9 Å². The van der Waals surface area contributed by atoms with Crippen molar-refractivity contribution in [3.8, 4) is 11.5 Å². The van der Waals surface area contributed by atoms with Crippen LogP contribution in [0.15, 0.2) is 53.4 Å². The molecule has 0 radical (unpaired) electrons. The molecule has 0 aliphatic rings. The van der Waals surface area contributed by atoms with Crippen molar-refractivity contribution < 1.29 is 22.5 Å². The third kappa shape index (κ3) is 5.04. The fourth-order valence-electron chi connectivity index (χ4n) is 1.74. The zero-order chi connectivity index (χ0) is 17.6. The molecule has 3 N–H and O–H groups in total. The summed E-state index contributed by atoms with van der Waals surface area (Å²) in [5.41, 5.74) is 0.289. The Morgan fingerprint density at radius 3 is 2.54 bits per heavy atom. The van der Waals surface area contributed by atoms with E-state index >= 15 is 0 Å². The minimum absolute atomic E-state index is 0.00564. The number of phenols is 1. The Balaban J connectivity index is 2.14. The highest BCUT2D eigenvalue weighted by Gasteiger charge is 2.17. The van der Waals surface area contributed by atoms with Crippen LogP contribution in [0.2, 0.25) is 0 Å². The highest BCUT2D eigenvalue weighted by Crippen LogP contribution is 2.22. The summed E-state index contributed by atoms with van der Waals surface area (Å²) in [6.45, 7) is 0.287. The molecule has 0 heterocycles. The summed E-state index contributed by atoms with van der Waals surface area (Å²) < 4.78 is 29.5. The molecule has 0 aliphatic heterocycles. The van der Waals surface area contributed by atoms with E-state index < -0.39 is 16.1 Å². The topological polar surface area (TPSA) is 105 Å². The molecule has 0 spiro atoms. The second-order valence-electron chi connectivity index (χ2n) is 4.63. The number of hydrogen-bond acceptors (Lipinski definition) is 5. The van der Waals surface area contributed by atoms with Gasteiger partial charge in [0, 0.05) is 18.1 Å². The summed E-state index contributed by atoms with van der Waals surface area (Å²) in [6.07, 6.45) is 0. The largest absolute Gasteiger partial charge is 0.508 e. The van der Waals surface area contributed by atoms with E-state index in [0.717, 1.165) is 0 Å². The third-order valence-electron chi connectivity index (χ3n) is 2.80. The lowest BCUT2D eigenvalue weighted by molar-refractivity contribution is 0.252. The van der Waals surface area contributed by atoms with Gasteiger partial charge in [0.1, 0.15) is 16.4 Å². The van der Waals surface area contributed by atoms with Crippen LogP contribution in [-0.2, 0) is 10.1 Å². The van der Waals surface area contributed by atoms with Crippen LogP contribution >= 0.6 is 11.6 Å². The summed E-state index contributed by atoms with van der Waals surface area (Å²) in [5.74, 6) is 0.322. The number of rotatable bonds is 6. The molecule has 0 bridgehead atoms. The Bertz CT molecular complexity index is 809. The SMILES string of the molecule is O=C(NCCCl)Nc1cccc(S(=O)(=O)Oc2ccc(O)cc2)c1. The van der Waals surface area contributed by atoms with E-state index in [4.69, 9.17) is 15.8 Å². The van der Waals surface area contributed by atoms with Crippen molar-refractivity contribution in [3.63, 3.8) is 0 Å². The monoisotopic (exact) mass is 370 g/mol. The predicted octanol–water partition coefficient (Wildman–Crippen LogP) is 2.52. The number of amides is 2. The van der Waals surface area contributed by atoms with Crippen molar-refractivity contribution in [1.82, 2.24) is 5.32 Å². The van der Waals surface area contributed by atoms with Gasteiger partial charge in [-0.1, -0.05) is 6.07 Å². The lowest BCUT2D eigenvalue weighted by Gasteiger charge is -2.10. The highest BCUT2D eigenvalue weighted by atomic mass is 35.5. The van der Waals surface area contributed by atoms with E-state index in [1.165, 1.54) is 42.5 Å². The Morgan fingerprint density at radius 1 is 1.17 bits per heavy atom. The van der Waals surface area contributed by atoms with Crippen molar-refractivity contribution in [1.29, 1.82) is 0 Å². The van der Waals surface area contributed by atoms with Crippen LogP contribution in [0.3, 0.4) is 0 Å². The maximum Gasteiger partial charge on any atom is 0.339 e. The Kier molecular flexibility index (Phi) is 5.88. The fourth-order valence-corrected chi connectivity index (χ4v) is 2.81. The number of alkyl halides is 1. The molecule has 2 rings (SSSR count). The van der Waals surface area contributed by atoms with Crippen molar-refractivity contribution in [2.24, 2.45) is 0 Å². The van der Waals surface area contributed by atoms with E-state index in [-0.39, 0.29) is 34.5 Å². The van der Waals surface area contributed by atoms with Gasteiger partial charge in [0.15, 0.2) is 0 Å². The van der Waals surface area contributed by atoms with Gasteiger partial charge in [-0.3, -0.25) is 0 Å². The van der Waals surface area contributed by atoms with Crippen molar-refractivity contribution in [3.05, 3.63) is 48.5 Å². The molecular formula is C15H15ClN2O5S. The van der Waals surface area contributed by atoms with E-state index in [1.807, 2.05) is 0 Å². The molecule has 2 amide bonds. The lowest BCUT2D eigenvalue weighted by Crippen LogP contribution is -2.30. The summed E-state index contributed by atoms with van der Waals surface area (Å²) in [7, 11) is -4.08. The average Bonchev–Trinajstić information content (AvgIpc) is 2.55. The second kappa shape index (κ2) is 7.89. The number of hydrogen-bond donors (Lipinski definition) is 3. The molecule has 2 aromatic rings. The van der Waals surface area contributed by atoms with E-state index in [2.05, 4.69) is 10.6 Å². The first-order valence-electron chi connectivity index (χ1n) is 6.85. The minimum Gasteiger partial charge on any atom is -0.508 e. The summed E-state index contributed by atoms with van der Waals surface area (Å²) in [4.78, 5) is 11.5. The fraction of sp³-hybridized carbons (Fsp3) is 0.133. The molecule has 0 unspecified atom stereocenters. The summed E-state index contributed by atoms with van der Waals surface area (Å²) in [5, 5.41) is 14.2. The number of urea groups is 1. The van der Waals surface area contributed by atoms with Crippen LogP contribution in [0, 0.1) is 0 Å². The van der Waals surface area contributed by atoms with Crippen LogP contribution in [0.1, 0.15) is 0 Å². The number of benzene rings is 2. The number of halogens is 1. The van der Waals surface area contributed by atoms with Gasteiger partial charge >= 0.3 is 16.1 Å². The molecular weight excluding hydrogens is 356 g/mol. The molecule has 0 fully saturated rings. The number of anilines is 1. The average molecular weight is 371 g/mol. The number of nitrogens with one attached hydrogen (secondary N) is 2. The Morgan fingerprint density at radius 2 is 1.88 bits per heavy atom. The number of carbonyl (C=O) groups is 1. The van der Waals surface area contributed by atoms with Crippen molar-refractivity contribution in [2.75, 3.05) is 17.7 Å². The second-order valence-corrected chi connectivity index (χ2v) is 6.55. The molecule has 0 aliphatic carbocycles. The van der Waals surface area contributed by atoms with Gasteiger partial charge in [0.05, 0.1) is 0 Å². The quantitative estimate of drug-likeness (QED) is 0.535. The molecule has 0 atom stereocenters. The Labute approximate surface area is 144 Å². The first-order valence-corrected chi connectivity index (χ1v) is 8.79. The molecule has 9 heteroatoms. The van der Waals surface area contributed by atoms with Crippen LogP contribution in [0.5, 0.6) is 11.5 Å². The molecule has 2 aromatic carbocycles. The zero-order valence-corrected chi connectivity index (χ0v) is 14.0. The first-order chi connectivity index (χ1) is 11.4. The molecule has 7 nitrogen and oxygen atoms in total. The third-order valence-corrected chi connectivity index (χ3v) is 4.24. The maximum atomic E-state index is 12.3. The van der Waals surface area contributed by atoms with Gasteiger partial charge in [-0.2, -0.15) is 8.42 Å². The van der Waals surface area contributed by atoms with E-state index in [0.29, 0.717) is 0 Å². The van der Waals surface area contributed by atoms with Crippen LogP contribution in [0.4, 0.5) is 10.5 Å². The predicted molar refractivity (Wildman–Crippen MR) is 90.1 cm³/mol. The Hall–Kier alpha value is -2.45. The zero-order valence-electron chi connectivity index (χ0n) is 12.4. The van der Waals surface area contributed by atoms with Gasteiger partial charge in [0.2, 0.25) is 0 Å². The van der Waals surface area contributed by atoms with E-state index in [1.54, 1.807) is 6.07 Å². The van der Waals surface area contributed by atoms with Gasteiger partial charge in [0.25, 0.3) is 0 Å². The number of carbonyl (C=O) groups excluding carboxylic acids is 1. The summed E-state index contributed by atoms with van der Waals surface area (Å²) >= 11 is 5.47. The molecule has 24 heavy (non-hydrogen) atoms. The highest BCUT2D eigenvalue weighted by molar-refractivity contribution is 7.87. The van der Waals surface area contributed by atoms with Crippen LogP contribution in [-0.4, -0.2) is 32.0 Å². The smallest absolute Gasteiger partial charge is 0.339 e. The maximum absolute atomic E-state index is 12.3. The number of aromatic hydroxyl groups is 1. The van der Waals surface area contributed by atoms with Crippen LogP contribution < -0.4 is 14.8 Å². The van der Waals surface area contributed by atoms with Crippen LogP contribution in [0.25, 0.3) is 0 Å².